The van der Waals surface area contributed by atoms with Gasteiger partial charge in [-0.1, -0.05) is 0 Å². The highest BCUT2D eigenvalue weighted by Gasteiger charge is 2.31. The molecule has 0 aromatic heterocycles. The van der Waals surface area contributed by atoms with E-state index in [0.717, 1.165) is 25.7 Å². The number of hydrogen-bond acceptors (Lipinski definition) is 4. The van der Waals surface area contributed by atoms with Crippen molar-refractivity contribution in [1.82, 2.24) is 5.32 Å². The molecule has 0 amide bonds. The summed E-state index contributed by atoms with van der Waals surface area (Å²) < 4.78 is 28.0. The highest BCUT2D eigenvalue weighted by Crippen LogP contribution is 2.22. The molecular formula is C11H21NO3S. The summed E-state index contributed by atoms with van der Waals surface area (Å²) in [6.07, 6.45) is 5.61. The molecule has 0 bridgehead atoms. The minimum Gasteiger partial charge on any atom is -0.381 e. The molecule has 3 unspecified atom stereocenters. The molecule has 5 heteroatoms. The molecular weight excluding hydrogens is 226 g/mol. The van der Waals surface area contributed by atoms with Gasteiger partial charge in [-0.2, -0.15) is 0 Å². The fourth-order valence-electron chi connectivity index (χ4n) is 2.77. The van der Waals surface area contributed by atoms with E-state index in [-0.39, 0.29) is 6.04 Å². The molecule has 1 N–H and O–H groups in total. The van der Waals surface area contributed by atoms with Crippen molar-refractivity contribution in [3.63, 3.8) is 0 Å². The first kappa shape index (κ1) is 12.3. The fraction of sp³-hybridized carbons (Fsp3) is 1.00. The Kier molecular flexibility index (Phi) is 3.87. The summed E-state index contributed by atoms with van der Waals surface area (Å²) >= 11 is 0. The largest absolute Gasteiger partial charge is 0.381 e. The normalized spacial score (nSPS) is 38.7. The van der Waals surface area contributed by atoms with Gasteiger partial charge in [-0.3, -0.25) is 0 Å². The first-order valence-electron chi connectivity index (χ1n) is 6.08. The quantitative estimate of drug-likeness (QED) is 0.798. The summed E-state index contributed by atoms with van der Waals surface area (Å²) in [6.45, 7) is 0. The zero-order chi connectivity index (χ0) is 11.6. The van der Waals surface area contributed by atoms with Crippen LogP contribution in [0.3, 0.4) is 0 Å². The number of nitrogens with one attached hydrogen (secondary N) is 1. The molecule has 1 saturated carbocycles. The highest BCUT2D eigenvalue weighted by atomic mass is 32.2. The maximum Gasteiger partial charge on any atom is 0.151 e. The molecule has 1 saturated heterocycles. The van der Waals surface area contributed by atoms with E-state index in [9.17, 15) is 8.42 Å². The number of ether oxygens (including phenoxy) is 1. The van der Waals surface area contributed by atoms with Gasteiger partial charge in [0, 0.05) is 19.2 Å². The van der Waals surface area contributed by atoms with Crippen molar-refractivity contribution in [2.45, 2.75) is 50.3 Å². The van der Waals surface area contributed by atoms with Crippen LogP contribution in [0, 0.1) is 0 Å². The van der Waals surface area contributed by atoms with Gasteiger partial charge in [-0.15, -0.1) is 0 Å². The molecule has 4 nitrogen and oxygen atoms in total. The molecule has 0 spiro atoms. The van der Waals surface area contributed by atoms with E-state index >= 15 is 0 Å². The Balaban J connectivity index is 1.81. The van der Waals surface area contributed by atoms with Crippen LogP contribution in [-0.4, -0.2) is 45.2 Å². The van der Waals surface area contributed by atoms with E-state index in [0.29, 0.717) is 23.7 Å². The lowest BCUT2D eigenvalue weighted by Gasteiger charge is -2.30. The van der Waals surface area contributed by atoms with Crippen molar-refractivity contribution < 1.29 is 13.2 Å². The molecule has 1 aliphatic heterocycles. The van der Waals surface area contributed by atoms with Gasteiger partial charge >= 0.3 is 0 Å². The topological polar surface area (TPSA) is 55.4 Å². The Morgan fingerprint density at radius 3 is 2.62 bits per heavy atom. The van der Waals surface area contributed by atoms with Gasteiger partial charge in [0.25, 0.3) is 0 Å². The Hall–Kier alpha value is -0.130. The molecule has 0 aromatic rings. The van der Waals surface area contributed by atoms with Crippen LogP contribution in [0.2, 0.25) is 0 Å². The highest BCUT2D eigenvalue weighted by molar-refractivity contribution is 7.91. The summed E-state index contributed by atoms with van der Waals surface area (Å²) in [7, 11) is -1.00. The summed E-state index contributed by atoms with van der Waals surface area (Å²) in [6, 6.07) is 0.614. The molecule has 16 heavy (non-hydrogen) atoms. The predicted molar refractivity (Wildman–Crippen MR) is 63.2 cm³/mol. The average Bonchev–Trinajstić information content (AvgIpc) is 2.58. The van der Waals surface area contributed by atoms with Gasteiger partial charge < -0.3 is 10.1 Å². The predicted octanol–water partition coefficient (Wildman–Crippen LogP) is 0.721. The van der Waals surface area contributed by atoms with Crippen molar-refractivity contribution in [1.29, 1.82) is 0 Å². The van der Waals surface area contributed by atoms with Crippen molar-refractivity contribution in [3.05, 3.63) is 0 Å². The molecule has 0 aromatic carbocycles. The lowest BCUT2D eigenvalue weighted by molar-refractivity contribution is 0.0574. The average molecular weight is 247 g/mol. The second-order valence-corrected chi connectivity index (χ2v) is 7.22. The van der Waals surface area contributed by atoms with Gasteiger partial charge in [-0.05, 0) is 32.1 Å². The smallest absolute Gasteiger partial charge is 0.151 e. The van der Waals surface area contributed by atoms with Crippen LogP contribution in [0.5, 0.6) is 0 Å². The zero-order valence-corrected chi connectivity index (χ0v) is 10.6. The fourth-order valence-corrected chi connectivity index (χ4v) is 4.46. The second-order valence-electron chi connectivity index (χ2n) is 4.99. The molecule has 0 radical (unpaired) electrons. The van der Waals surface area contributed by atoms with Gasteiger partial charge in [-0.25, -0.2) is 8.42 Å². The van der Waals surface area contributed by atoms with Crippen LogP contribution < -0.4 is 5.32 Å². The van der Waals surface area contributed by atoms with Crippen LogP contribution >= 0.6 is 0 Å². The van der Waals surface area contributed by atoms with Crippen molar-refractivity contribution in [2.75, 3.05) is 18.6 Å². The third-order valence-corrected chi connectivity index (χ3v) is 5.43. The van der Waals surface area contributed by atoms with Crippen LogP contribution in [0.4, 0.5) is 0 Å². The van der Waals surface area contributed by atoms with Crippen LogP contribution in [-0.2, 0) is 14.6 Å². The summed E-state index contributed by atoms with van der Waals surface area (Å²) in [4.78, 5) is 0. The van der Waals surface area contributed by atoms with E-state index in [2.05, 4.69) is 5.32 Å². The van der Waals surface area contributed by atoms with Crippen LogP contribution in [0.1, 0.15) is 32.1 Å². The number of sulfone groups is 1. The van der Waals surface area contributed by atoms with Crippen LogP contribution in [0.25, 0.3) is 0 Å². The minimum atomic E-state index is -2.76. The van der Waals surface area contributed by atoms with E-state index in [1.807, 2.05) is 0 Å². The minimum absolute atomic E-state index is 0.172. The van der Waals surface area contributed by atoms with E-state index in [1.165, 1.54) is 6.42 Å². The SMILES string of the molecule is COC1CCCC(NC2CCS(=O)(=O)C2)C1. The monoisotopic (exact) mass is 247 g/mol. The zero-order valence-electron chi connectivity index (χ0n) is 9.81. The molecule has 2 fully saturated rings. The van der Waals surface area contributed by atoms with Crippen molar-refractivity contribution >= 4 is 9.84 Å². The second kappa shape index (κ2) is 5.02. The Bertz CT molecular complexity index is 328. The van der Waals surface area contributed by atoms with E-state index in [1.54, 1.807) is 7.11 Å². The van der Waals surface area contributed by atoms with Gasteiger partial charge in [0.1, 0.15) is 0 Å². The standard InChI is InChI=1S/C11H21NO3S/c1-15-11-4-2-3-9(7-11)12-10-5-6-16(13,14)8-10/h9-12H,2-8H2,1H3. The molecule has 1 aliphatic carbocycles. The van der Waals surface area contributed by atoms with E-state index < -0.39 is 9.84 Å². The van der Waals surface area contributed by atoms with Crippen molar-refractivity contribution in [2.24, 2.45) is 0 Å². The molecule has 3 atom stereocenters. The molecule has 2 aliphatic rings. The summed E-state index contributed by atoms with van der Waals surface area (Å²) in [5, 5.41) is 3.48. The van der Waals surface area contributed by atoms with Gasteiger partial charge in [0.15, 0.2) is 9.84 Å². The Labute approximate surface area is 97.7 Å². The summed E-state index contributed by atoms with van der Waals surface area (Å²) in [5.74, 6) is 0.673. The summed E-state index contributed by atoms with van der Waals surface area (Å²) in [5.41, 5.74) is 0. The lowest BCUT2D eigenvalue weighted by atomic mass is 9.92. The first-order valence-corrected chi connectivity index (χ1v) is 7.90. The Morgan fingerprint density at radius 1 is 1.19 bits per heavy atom. The maximum atomic E-state index is 11.3. The van der Waals surface area contributed by atoms with Crippen LogP contribution in [0.15, 0.2) is 0 Å². The number of rotatable bonds is 3. The van der Waals surface area contributed by atoms with Crippen molar-refractivity contribution in [3.8, 4) is 0 Å². The first-order chi connectivity index (χ1) is 7.59. The van der Waals surface area contributed by atoms with E-state index in [4.69, 9.17) is 4.74 Å². The third kappa shape index (κ3) is 3.18. The lowest BCUT2D eigenvalue weighted by Crippen LogP contribution is -2.43. The van der Waals surface area contributed by atoms with Gasteiger partial charge in [0.2, 0.25) is 0 Å². The molecule has 2 rings (SSSR count). The Morgan fingerprint density at radius 2 is 2.00 bits per heavy atom. The maximum absolute atomic E-state index is 11.3. The molecule has 94 valence electrons. The number of hydrogen-bond donors (Lipinski definition) is 1. The molecule has 1 heterocycles. The van der Waals surface area contributed by atoms with Gasteiger partial charge in [0.05, 0.1) is 17.6 Å². The third-order valence-electron chi connectivity index (χ3n) is 3.66. The number of methoxy groups -OCH3 is 1.